The molecule has 1 aromatic carbocycles. The fourth-order valence-corrected chi connectivity index (χ4v) is 3.12. The molecule has 0 saturated heterocycles. The number of hydrogen-bond donors (Lipinski definition) is 1. The van der Waals surface area contributed by atoms with Crippen LogP contribution in [0.5, 0.6) is 5.75 Å². The van der Waals surface area contributed by atoms with Gasteiger partial charge in [0.2, 0.25) is 0 Å². The second kappa shape index (κ2) is 5.69. The van der Waals surface area contributed by atoms with Crippen LogP contribution in [0.25, 0.3) is 0 Å². The maximum atomic E-state index is 13.4. The lowest BCUT2D eigenvalue weighted by molar-refractivity contribution is 0.385. The third-order valence-corrected chi connectivity index (χ3v) is 4.13. The molecule has 1 aromatic heterocycles. The van der Waals surface area contributed by atoms with Crippen molar-refractivity contribution in [1.82, 2.24) is 5.32 Å². The SMILES string of the molecule is CNC(c1ccc(F)c(OC)c1)c1sccc1Cl. The zero-order valence-electron chi connectivity index (χ0n) is 10.0. The fraction of sp³-hybridized carbons (Fsp3) is 0.231. The Labute approximate surface area is 114 Å². The van der Waals surface area contributed by atoms with Crippen LogP contribution in [-0.4, -0.2) is 14.2 Å². The zero-order valence-corrected chi connectivity index (χ0v) is 11.6. The maximum absolute atomic E-state index is 13.4. The number of benzene rings is 1. The molecule has 0 aliphatic carbocycles. The first-order valence-electron chi connectivity index (χ1n) is 5.41. The summed E-state index contributed by atoms with van der Waals surface area (Å²) in [7, 11) is 3.30. The molecule has 0 bridgehead atoms. The van der Waals surface area contributed by atoms with Gasteiger partial charge in [0.15, 0.2) is 11.6 Å². The van der Waals surface area contributed by atoms with Gasteiger partial charge in [0.25, 0.3) is 0 Å². The van der Waals surface area contributed by atoms with Crippen LogP contribution in [0.2, 0.25) is 5.02 Å². The Morgan fingerprint density at radius 2 is 2.17 bits per heavy atom. The van der Waals surface area contributed by atoms with Gasteiger partial charge >= 0.3 is 0 Å². The van der Waals surface area contributed by atoms with Crippen molar-refractivity contribution in [2.24, 2.45) is 0 Å². The summed E-state index contributed by atoms with van der Waals surface area (Å²) in [6, 6.07) is 6.61. The number of thiophene rings is 1. The molecule has 2 rings (SSSR count). The predicted octanol–water partition coefficient (Wildman–Crippen LogP) is 3.86. The highest BCUT2D eigenvalue weighted by Gasteiger charge is 2.18. The molecule has 18 heavy (non-hydrogen) atoms. The van der Waals surface area contributed by atoms with E-state index in [1.807, 2.05) is 18.5 Å². The molecular weight excluding hydrogens is 273 g/mol. The molecule has 0 fully saturated rings. The van der Waals surface area contributed by atoms with Gasteiger partial charge in [-0.25, -0.2) is 4.39 Å². The summed E-state index contributed by atoms with van der Waals surface area (Å²) in [5.74, 6) is -0.131. The van der Waals surface area contributed by atoms with Crippen LogP contribution in [0, 0.1) is 5.82 Å². The molecular formula is C13H13ClFNOS. The summed E-state index contributed by atoms with van der Waals surface area (Å²) in [5.41, 5.74) is 0.917. The lowest BCUT2D eigenvalue weighted by Gasteiger charge is -2.16. The monoisotopic (exact) mass is 285 g/mol. The van der Waals surface area contributed by atoms with Gasteiger partial charge in [-0.15, -0.1) is 11.3 Å². The largest absolute Gasteiger partial charge is 0.494 e. The first-order valence-corrected chi connectivity index (χ1v) is 6.66. The fourth-order valence-electron chi connectivity index (χ4n) is 1.82. The van der Waals surface area contributed by atoms with E-state index in [1.165, 1.54) is 13.2 Å². The molecule has 1 N–H and O–H groups in total. The van der Waals surface area contributed by atoms with Crippen molar-refractivity contribution in [1.29, 1.82) is 0 Å². The van der Waals surface area contributed by atoms with Crippen molar-refractivity contribution in [3.8, 4) is 5.75 Å². The van der Waals surface area contributed by atoms with Crippen LogP contribution >= 0.6 is 22.9 Å². The van der Waals surface area contributed by atoms with Gasteiger partial charge in [0.1, 0.15) is 0 Å². The third-order valence-electron chi connectivity index (χ3n) is 2.70. The highest BCUT2D eigenvalue weighted by molar-refractivity contribution is 7.10. The van der Waals surface area contributed by atoms with E-state index in [0.717, 1.165) is 10.4 Å². The summed E-state index contributed by atoms with van der Waals surface area (Å²) in [6.07, 6.45) is 0. The second-order valence-electron chi connectivity index (χ2n) is 3.75. The van der Waals surface area contributed by atoms with E-state index in [9.17, 15) is 4.39 Å². The molecule has 1 unspecified atom stereocenters. The summed E-state index contributed by atoms with van der Waals surface area (Å²) in [6.45, 7) is 0. The predicted molar refractivity (Wildman–Crippen MR) is 73.2 cm³/mol. The van der Waals surface area contributed by atoms with Crippen molar-refractivity contribution < 1.29 is 9.13 Å². The van der Waals surface area contributed by atoms with E-state index in [0.29, 0.717) is 5.02 Å². The molecule has 2 nitrogen and oxygen atoms in total. The molecule has 0 aliphatic rings. The minimum absolute atomic E-state index is 0.0630. The molecule has 0 radical (unpaired) electrons. The highest BCUT2D eigenvalue weighted by Crippen LogP contribution is 2.34. The quantitative estimate of drug-likeness (QED) is 0.921. The first kappa shape index (κ1) is 13.3. The number of nitrogens with one attached hydrogen (secondary N) is 1. The first-order chi connectivity index (χ1) is 8.67. The Bertz CT molecular complexity index is 544. The Hall–Kier alpha value is -1.10. The topological polar surface area (TPSA) is 21.3 Å². The van der Waals surface area contributed by atoms with E-state index >= 15 is 0 Å². The van der Waals surface area contributed by atoms with Crippen molar-refractivity contribution in [3.63, 3.8) is 0 Å². The normalized spacial score (nSPS) is 12.4. The summed E-state index contributed by atoms with van der Waals surface area (Å²) in [4.78, 5) is 1.01. The van der Waals surface area contributed by atoms with E-state index in [-0.39, 0.29) is 17.6 Å². The van der Waals surface area contributed by atoms with Crippen molar-refractivity contribution in [2.75, 3.05) is 14.2 Å². The molecule has 96 valence electrons. The number of ether oxygens (including phenoxy) is 1. The smallest absolute Gasteiger partial charge is 0.165 e. The molecule has 0 amide bonds. The van der Waals surface area contributed by atoms with Crippen LogP contribution < -0.4 is 10.1 Å². The number of methoxy groups -OCH3 is 1. The lowest BCUT2D eigenvalue weighted by Crippen LogP contribution is -2.17. The Kier molecular flexibility index (Phi) is 4.22. The van der Waals surface area contributed by atoms with Crippen molar-refractivity contribution in [2.45, 2.75) is 6.04 Å². The van der Waals surface area contributed by atoms with E-state index in [1.54, 1.807) is 23.5 Å². The Morgan fingerprint density at radius 1 is 1.39 bits per heavy atom. The Morgan fingerprint density at radius 3 is 2.72 bits per heavy atom. The minimum Gasteiger partial charge on any atom is -0.494 e. The van der Waals surface area contributed by atoms with Crippen LogP contribution in [-0.2, 0) is 0 Å². The van der Waals surface area contributed by atoms with Gasteiger partial charge in [0, 0.05) is 4.88 Å². The van der Waals surface area contributed by atoms with Gasteiger partial charge < -0.3 is 10.1 Å². The van der Waals surface area contributed by atoms with Gasteiger partial charge in [-0.05, 0) is 36.2 Å². The second-order valence-corrected chi connectivity index (χ2v) is 5.10. The van der Waals surface area contributed by atoms with E-state index in [4.69, 9.17) is 16.3 Å². The van der Waals surface area contributed by atoms with Crippen LogP contribution in [0.15, 0.2) is 29.6 Å². The van der Waals surface area contributed by atoms with Crippen LogP contribution in [0.3, 0.4) is 0 Å². The molecule has 1 atom stereocenters. The molecule has 1 heterocycles. The van der Waals surface area contributed by atoms with Gasteiger partial charge in [-0.2, -0.15) is 0 Å². The van der Waals surface area contributed by atoms with E-state index in [2.05, 4.69) is 5.32 Å². The molecule has 0 saturated carbocycles. The summed E-state index contributed by atoms with van der Waals surface area (Å²) >= 11 is 7.70. The van der Waals surface area contributed by atoms with Crippen molar-refractivity contribution in [3.05, 3.63) is 50.9 Å². The number of halogens is 2. The van der Waals surface area contributed by atoms with Crippen LogP contribution in [0.4, 0.5) is 4.39 Å². The Balaban J connectivity index is 2.42. The minimum atomic E-state index is -0.367. The average Bonchev–Trinajstić information content (AvgIpc) is 2.79. The average molecular weight is 286 g/mol. The summed E-state index contributed by atoms with van der Waals surface area (Å²) in [5, 5.41) is 5.82. The standard InChI is InChI=1S/C13H13ClFNOS/c1-16-12(13-9(14)5-6-18-13)8-3-4-10(15)11(7-8)17-2/h3-7,12,16H,1-2H3. The molecule has 0 spiro atoms. The highest BCUT2D eigenvalue weighted by atomic mass is 35.5. The number of rotatable bonds is 4. The lowest BCUT2D eigenvalue weighted by atomic mass is 10.1. The van der Waals surface area contributed by atoms with Gasteiger partial charge in [0.05, 0.1) is 18.2 Å². The molecule has 5 heteroatoms. The molecule has 0 aliphatic heterocycles. The van der Waals surface area contributed by atoms with Crippen molar-refractivity contribution >= 4 is 22.9 Å². The number of hydrogen-bond acceptors (Lipinski definition) is 3. The zero-order chi connectivity index (χ0) is 13.1. The van der Waals surface area contributed by atoms with Gasteiger partial charge in [-0.3, -0.25) is 0 Å². The van der Waals surface area contributed by atoms with E-state index < -0.39 is 0 Å². The summed E-state index contributed by atoms with van der Waals surface area (Å²) < 4.78 is 18.4. The van der Waals surface area contributed by atoms with Crippen LogP contribution in [0.1, 0.15) is 16.5 Å². The van der Waals surface area contributed by atoms with Gasteiger partial charge in [-0.1, -0.05) is 17.7 Å². The third kappa shape index (κ3) is 2.51. The maximum Gasteiger partial charge on any atom is 0.165 e. The molecule has 2 aromatic rings.